The maximum atomic E-state index is 13.8. The molecule has 0 bridgehead atoms. The highest BCUT2D eigenvalue weighted by Crippen LogP contribution is 2.22. The molecule has 0 unspecified atom stereocenters. The Kier molecular flexibility index (Phi) is 3.61. The number of benzene rings is 1. The van der Waals surface area contributed by atoms with Gasteiger partial charge in [-0.25, -0.2) is 13.9 Å². The van der Waals surface area contributed by atoms with Gasteiger partial charge in [0.2, 0.25) is 0 Å². The van der Waals surface area contributed by atoms with Gasteiger partial charge in [0.1, 0.15) is 11.5 Å². The van der Waals surface area contributed by atoms with E-state index in [2.05, 4.69) is 15.3 Å². The highest BCUT2D eigenvalue weighted by Gasteiger charge is 2.21. The summed E-state index contributed by atoms with van der Waals surface area (Å²) in [5, 5.41) is 16.8. The van der Waals surface area contributed by atoms with Gasteiger partial charge in [-0.3, -0.25) is 4.98 Å². The van der Waals surface area contributed by atoms with Crippen molar-refractivity contribution in [2.75, 3.05) is 0 Å². The molecule has 0 spiro atoms. The fraction of sp³-hybridized carbons (Fsp3) is 0.0667. The van der Waals surface area contributed by atoms with Crippen LogP contribution in [0, 0.1) is 5.82 Å². The molecule has 1 N–H and O–H groups in total. The van der Waals surface area contributed by atoms with Crippen LogP contribution < -0.4 is 0 Å². The molecule has 1 aromatic carbocycles. The molecule has 6 nitrogen and oxygen atoms in total. The Morgan fingerprint density at radius 1 is 1.23 bits per heavy atom. The standard InChI is InChI=1S/C15H11FN4O2/c16-12-6-2-1-4-11(12)9-20-14(10-5-3-7-17-8-10)13(15(21)22)18-19-20/h1-8H,9H2,(H,21,22). The van der Waals surface area contributed by atoms with Gasteiger partial charge >= 0.3 is 5.97 Å². The molecular formula is C15H11FN4O2. The first kappa shape index (κ1) is 13.9. The molecule has 110 valence electrons. The monoisotopic (exact) mass is 298 g/mol. The Bertz CT molecular complexity index is 817. The van der Waals surface area contributed by atoms with Gasteiger partial charge < -0.3 is 5.11 Å². The molecule has 0 saturated heterocycles. The van der Waals surface area contributed by atoms with E-state index in [9.17, 15) is 14.3 Å². The topological polar surface area (TPSA) is 80.9 Å². The smallest absolute Gasteiger partial charge is 0.358 e. The summed E-state index contributed by atoms with van der Waals surface area (Å²) < 4.78 is 15.1. The third-order valence-electron chi connectivity index (χ3n) is 3.15. The first-order chi connectivity index (χ1) is 10.7. The minimum absolute atomic E-state index is 0.0805. The zero-order chi connectivity index (χ0) is 15.5. The molecule has 2 heterocycles. The van der Waals surface area contributed by atoms with Crippen molar-refractivity contribution in [3.8, 4) is 11.3 Å². The summed E-state index contributed by atoms with van der Waals surface area (Å²) in [5.41, 5.74) is 1.06. The summed E-state index contributed by atoms with van der Waals surface area (Å²) in [6, 6.07) is 9.64. The molecule has 0 aliphatic carbocycles. The summed E-state index contributed by atoms with van der Waals surface area (Å²) in [6.45, 7) is 0.0805. The molecule has 0 aliphatic rings. The van der Waals surface area contributed by atoms with Crippen LogP contribution in [0.3, 0.4) is 0 Å². The second-order valence-electron chi connectivity index (χ2n) is 4.58. The summed E-state index contributed by atoms with van der Waals surface area (Å²) in [6.07, 6.45) is 3.10. The molecule has 0 atom stereocenters. The molecule has 0 fully saturated rings. The van der Waals surface area contributed by atoms with Gasteiger partial charge in [-0.1, -0.05) is 23.4 Å². The average molecular weight is 298 g/mol. The molecule has 22 heavy (non-hydrogen) atoms. The van der Waals surface area contributed by atoms with E-state index in [1.807, 2.05) is 0 Å². The molecule has 0 aliphatic heterocycles. The number of rotatable bonds is 4. The van der Waals surface area contributed by atoms with E-state index in [4.69, 9.17) is 0 Å². The van der Waals surface area contributed by atoms with Crippen molar-refractivity contribution < 1.29 is 14.3 Å². The van der Waals surface area contributed by atoms with Crippen LogP contribution in [0.15, 0.2) is 48.8 Å². The first-order valence-electron chi connectivity index (χ1n) is 6.47. The average Bonchev–Trinajstić information content (AvgIpc) is 2.94. The summed E-state index contributed by atoms with van der Waals surface area (Å²) >= 11 is 0. The van der Waals surface area contributed by atoms with E-state index in [1.54, 1.807) is 36.5 Å². The molecule has 0 radical (unpaired) electrons. The van der Waals surface area contributed by atoms with Crippen LogP contribution in [-0.2, 0) is 6.54 Å². The second-order valence-corrected chi connectivity index (χ2v) is 4.58. The zero-order valence-electron chi connectivity index (χ0n) is 11.3. The van der Waals surface area contributed by atoms with Gasteiger partial charge in [0, 0.05) is 23.5 Å². The Morgan fingerprint density at radius 3 is 2.73 bits per heavy atom. The molecule has 7 heteroatoms. The van der Waals surface area contributed by atoms with Crippen molar-refractivity contribution in [3.63, 3.8) is 0 Å². The predicted octanol–water partition coefficient (Wildman–Crippen LogP) is 2.23. The number of pyridine rings is 1. The van der Waals surface area contributed by atoms with Crippen LogP contribution in [0.4, 0.5) is 4.39 Å². The van der Waals surface area contributed by atoms with Crippen molar-refractivity contribution in [2.24, 2.45) is 0 Å². The lowest BCUT2D eigenvalue weighted by Gasteiger charge is -2.07. The summed E-state index contributed by atoms with van der Waals surface area (Å²) in [4.78, 5) is 15.3. The first-order valence-corrected chi connectivity index (χ1v) is 6.47. The Labute approximate surface area is 124 Å². The minimum atomic E-state index is -1.20. The van der Waals surface area contributed by atoms with Gasteiger partial charge in [0.25, 0.3) is 0 Å². The quantitative estimate of drug-likeness (QED) is 0.798. The lowest BCUT2D eigenvalue weighted by molar-refractivity contribution is 0.0691. The third-order valence-corrected chi connectivity index (χ3v) is 3.15. The van der Waals surface area contributed by atoms with Crippen LogP contribution >= 0.6 is 0 Å². The lowest BCUT2D eigenvalue weighted by Crippen LogP contribution is -2.07. The van der Waals surface area contributed by atoms with Gasteiger partial charge in [-0.15, -0.1) is 5.10 Å². The largest absolute Gasteiger partial charge is 0.476 e. The van der Waals surface area contributed by atoms with Gasteiger partial charge in [-0.05, 0) is 18.2 Å². The number of aromatic carboxylic acids is 1. The number of carboxylic acid groups (broad SMARTS) is 1. The molecule has 2 aromatic heterocycles. The molecular weight excluding hydrogens is 287 g/mol. The second kappa shape index (κ2) is 5.72. The van der Waals surface area contributed by atoms with Crippen molar-refractivity contribution in [2.45, 2.75) is 6.54 Å². The SMILES string of the molecule is O=C(O)c1nnn(Cc2ccccc2F)c1-c1cccnc1. The number of hydrogen-bond acceptors (Lipinski definition) is 4. The highest BCUT2D eigenvalue weighted by molar-refractivity contribution is 5.92. The van der Waals surface area contributed by atoms with E-state index in [1.165, 1.54) is 16.9 Å². The van der Waals surface area contributed by atoms with Crippen molar-refractivity contribution >= 4 is 5.97 Å². The number of carbonyl (C=O) groups is 1. The fourth-order valence-electron chi connectivity index (χ4n) is 2.14. The molecule has 3 rings (SSSR count). The van der Waals surface area contributed by atoms with Gasteiger partial charge in [0.15, 0.2) is 5.69 Å². The Morgan fingerprint density at radius 2 is 2.05 bits per heavy atom. The van der Waals surface area contributed by atoms with Crippen LogP contribution in [0.5, 0.6) is 0 Å². The van der Waals surface area contributed by atoms with Crippen LogP contribution in [0.1, 0.15) is 16.1 Å². The highest BCUT2D eigenvalue weighted by atomic mass is 19.1. The fourth-order valence-corrected chi connectivity index (χ4v) is 2.14. The van der Waals surface area contributed by atoms with E-state index in [0.29, 0.717) is 16.8 Å². The molecule has 0 amide bonds. The van der Waals surface area contributed by atoms with Crippen LogP contribution in [0.2, 0.25) is 0 Å². The predicted molar refractivity (Wildman–Crippen MR) is 75.7 cm³/mol. The van der Waals surface area contributed by atoms with E-state index >= 15 is 0 Å². The minimum Gasteiger partial charge on any atom is -0.476 e. The Balaban J connectivity index is 2.09. The number of aromatic nitrogens is 4. The number of nitrogens with zero attached hydrogens (tertiary/aromatic N) is 4. The van der Waals surface area contributed by atoms with Crippen molar-refractivity contribution in [1.82, 2.24) is 20.0 Å². The molecule has 0 saturated carbocycles. The number of carboxylic acids is 1. The van der Waals surface area contributed by atoms with Crippen LogP contribution in [0.25, 0.3) is 11.3 Å². The lowest BCUT2D eigenvalue weighted by atomic mass is 10.1. The zero-order valence-corrected chi connectivity index (χ0v) is 11.3. The van der Waals surface area contributed by atoms with Crippen molar-refractivity contribution in [1.29, 1.82) is 0 Å². The van der Waals surface area contributed by atoms with Gasteiger partial charge in [0.05, 0.1) is 6.54 Å². The maximum absolute atomic E-state index is 13.8. The summed E-state index contributed by atoms with van der Waals surface area (Å²) in [5.74, 6) is -1.58. The Hall–Kier alpha value is -3.09. The van der Waals surface area contributed by atoms with Crippen LogP contribution in [-0.4, -0.2) is 31.1 Å². The van der Waals surface area contributed by atoms with E-state index in [0.717, 1.165) is 0 Å². The van der Waals surface area contributed by atoms with Crippen molar-refractivity contribution in [3.05, 3.63) is 65.9 Å². The normalized spacial score (nSPS) is 10.6. The number of halogens is 1. The van der Waals surface area contributed by atoms with E-state index < -0.39 is 5.97 Å². The van der Waals surface area contributed by atoms with Gasteiger partial charge in [-0.2, -0.15) is 0 Å². The summed E-state index contributed by atoms with van der Waals surface area (Å²) in [7, 11) is 0. The third kappa shape index (κ3) is 2.56. The van der Waals surface area contributed by atoms with E-state index in [-0.39, 0.29) is 18.1 Å². The maximum Gasteiger partial charge on any atom is 0.358 e. The number of hydrogen-bond donors (Lipinski definition) is 1. The molecule has 3 aromatic rings.